The molecule has 1 aliphatic rings. The van der Waals surface area contributed by atoms with Gasteiger partial charge in [0.15, 0.2) is 0 Å². The van der Waals surface area contributed by atoms with Gasteiger partial charge in [0.2, 0.25) is 0 Å². The fourth-order valence-corrected chi connectivity index (χ4v) is 3.62. The lowest BCUT2D eigenvalue weighted by molar-refractivity contribution is -0.156. The molecular formula is C14H26N4O. The average Bonchev–Trinajstić information content (AvgIpc) is 2.90. The Morgan fingerprint density at radius 1 is 1.42 bits per heavy atom. The molecular weight excluding hydrogens is 240 g/mol. The van der Waals surface area contributed by atoms with Gasteiger partial charge in [0.25, 0.3) is 0 Å². The molecule has 0 bridgehead atoms. The van der Waals surface area contributed by atoms with Crippen molar-refractivity contribution in [3.63, 3.8) is 0 Å². The highest BCUT2D eigenvalue weighted by atomic mass is 16.5. The van der Waals surface area contributed by atoms with Crippen LogP contribution >= 0.6 is 0 Å². The van der Waals surface area contributed by atoms with Gasteiger partial charge in [-0.2, -0.15) is 5.10 Å². The third-order valence-corrected chi connectivity index (χ3v) is 5.02. The van der Waals surface area contributed by atoms with E-state index in [-0.39, 0.29) is 0 Å². The zero-order valence-electron chi connectivity index (χ0n) is 12.5. The van der Waals surface area contributed by atoms with Crippen LogP contribution in [0.4, 0.5) is 0 Å². The van der Waals surface area contributed by atoms with Crippen LogP contribution in [0.15, 0.2) is 12.7 Å². The van der Waals surface area contributed by atoms with Crippen LogP contribution in [-0.2, 0) is 11.3 Å². The fraction of sp³-hybridized carbons (Fsp3) is 0.857. The summed E-state index contributed by atoms with van der Waals surface area (Å²) in [5, 5.41) is 4.15. The zero-order valence-corrected chi connectivity index (χ0v) is 12.5. The molecule has 1 heterocycles. The molecule has 0 aliphatic heterocycles. The second-order valence-corrected chi connectivity index (χ2v) is 5.56. The Balaban J connectivity index is 1.93. The van der Waals surface area contributed by atoms with Crippen molar-refractivity contribution in [1.82, 2.24) is 19.7 Å². The quantitative estimate of drug-likeness (QED) is 0.755. The number of rotatable bonds is 7. The molecule has 19 heavy (non-hydrogen) atoms. The van der Waals surface area contributed by atoms with Gasteiger partial charge < -0.3 is 9.64 Å². The Hall–Kier alpha value is -0.940. The molecule has 1 saturated carbocycles. The minimum Gasteiger partial charge on any atom is -0.381 e. The molecule has 0 saturated heterocycles. The van der Waals surface area contributed by atoms with Crippen molar-refractivity contribution in [3.8, 4) is 0 Å². The second kappa shape index (κ2) is 6.01. The topological polar surface area (TPSA) is 43.2 Å². The number of methoxy groups -OCH3 is 1. The summed E-state index contributed by atoms with van der Waals surface area (Å²) in [7, 11) is 4.06. The van der Waals surface area contributed by atoms with Crippen molar-refractivity contribution < 1.29 is 4.74 Å². The molecule has 5 heteroatoms. The summed E-state index contributed by atoms with van der Waals surface area (Å²) in [5.41, 5.74) is 0.325. The van der Waals surface area contributed by atoms with Gasteiger partial charge in [-0.05, 0) is 26.3 Å². The Labute approximate surface area is 116 Å². The van der Waals surface area contributed by atoms with E-state index in [9.17, 15) is 0 Å². The molecule has 0 amide bonds. The van der Waals surface area contributed by atoms with Crippen molar-refractivity contribution in [3.05, 3.63) is 12.7 Å². The van der Waals surface area contributed by atoms with E-state index in [1.165, 1.54) is 12.8 Å². The summed E-state index contributed by atoms with van der Waals surface area (Å²) in [5.74, 6) is 0. The molecule has 5 nitrogen and oxygen atoms in total. The number of aromatic nitrogens is 3. The highest BCUT2D eigenvalue weighted by molar-refractivity contribution is 5.06. The maximum absolute atomic E-state index is 5.66. The Kier molecular flexibility index (Phi) is 4.58. The predicted octanol–water partition coefficient (Wildman–Crippen LogP) is 1.80. The van der Waals surface area contributed by atoms with Crippen molar-refractivity contribution in [2.45, 2.75) is 51.8 Å². The summed E-state index contributed by atoms with van der Waals surface area (Å²) in [4.78, 5) is 6.44. The first-order chi connectivity index (χ1) is 9.17. The van der Waals surface area contributed by atoms with E-state index in [0.717, 1.165) is 19.5 Å². The van der Waals surface area contributed by atoms with Crippen LogP contribution < -0.4 is 0 Å². The molecule has 0 aromatic carbocycles. The zero-order chi connectivity index (χ0) is 13.9. The first kappa shape index (κ1) is 14.5. The van der Waals surface area contributed by atoms with Gasteiger partial charge in [0, 0.05) is 25.1 Å². The van der Waals surface area contributed by atoms with Crippen LogP contribution in [-0.4, -0.2) is 52.5 Å². The van der Waals surface area contributed by atoms with Crippen molar-refractivity contribution >= 4 is 0 Å². The molecule has 2 rings (SSSR count). The molecule has 0 N–H and O–H groups in total. The van der Waals surface area contributed by atoms with Crippen LogP contribution in [0.25, 0.3) is 0 Å². The first-order valence-electron chi connectivity index (χ1n) is 7.23. The lowest BCUT2D eigenvalue weighted by atomic mass is 9.58. The highest BCUT2D eigenvalue weighted by Gasteiger charge is 2.54. The van der Waals surface area contributed by atoms with Crippen LogP contribution in [0.1, 0.15) is 33.1 Å². The Morgan fingerprint density at radius 3 is 2.68 bits per heavy atom. The second-order valence-electron chi connectivity index (χ2n) is 5.56. The van der Waals surface area contributed by atoms with Gasteiger partial charge >= 0.3 is 0 Å². The molecule has 1 aromatic rings. The fourth-order valence-electron chi connectivity index (χ4n) is 3.62. The normalized spacial score (nSPS) is 25.5. The molecule has 108 valence electrons. The SMILES string of the molecule is CCC1(CC)[C@@H](OC)C[C@H]1N(C)CCn1cncn1. The number of hydrogen-bond acceptors (Lipinski definition) is 4. The van der Waals surface area contributed by atoms with Gasteiger partial charge in [-0.25, -0.2) is 4.98 Å². The van der Waals surface area contributed by atoms with E-state index in [1.807, 2.05) is 11.8 Å². The summed E-state index contributed by atoms with van der Waals surface area (Å²) in [6.45, 7) is 6.47. The minimum absolute atomic E-state index is 0.325. The van der Waals surface area contributed by atoms with Gasteiger partial charge in [-0.3, -0.25) is 4.68 Å². The van der Waals surface area contributed by atoms with E-state index in [1.54, 1.807) is 12.7 Å². The molecule has 0 radical (unpaired) electrons. The summed E-state index contributed by atoms with van der Waals surface area (Å²) >= 11 is 0. The predicted molar refractivity (Wildman–Crippen MR) is 74.9 cm³/mol. The van der Waals surface area contributed by atoms with Crippen LogP contribution in [0, 0.1) is 5.41 Å². The van der Waals surface area contributed by atoms with Gasteiger partial charge in [0.05, 0.1) is 12.6 Å². The molecule has 1 aliphatic carbocycles. The molecule has 1 fully saturated rings. The van der Waals surface area contributed by atoms with E-state index in [4.69, 9.17) is 4.74 Å². The largest absolute Gasteiger partial charge is 0.381 e. The summed E-state index contributed by atoms with van der Waals surface area (Å²) in [6, 6.07) is 0.621. The lowest BCUT2D eigenvalue weighted by Crippen LogP contribution is -2.63. The smallest absolute Gasteiger partial charge is 0.137 e. The third-order valence-electron chi connectivity index (χ3n) is 5.02. The number of nitrogens with zero attached hydrogens (tertiary/aromatic N) is 4. The number of ether oxygens (including phenoxy) is 1. The minimum atomic E-state index is 0.325. The lowest BCUT2D eigenvalue weighted by Gasteiger charge is -2.58. The van der Waals surface area contributed by atoms with Crippen molar-refractivity contribution in [2.24, 2.45) is 5.41 Å². The first-order valence-corrected chi connectivity index (χ1v) is 7.23. The van der Waals surface area contributed by atoms with E-state index in [2.05, 4.69) is 35.9 Å². The summed E-state index contributed by atoms with van der Waals surface area (Å²) < 4.78 is 7.55. The van der Waals surface area contributed by atoms with E-state index >= 15 is 0 Å². The molecule has 0 unspecified atom stereocenters. The maximum Gasteiger partial charge on any atom is 0.137 e. The van der Waals surface area contributed by atoms with Crippen LogP contribution in [0.5, 0.6) is 0 Å². The van der Waals surface area contributed by atoms with E-state index in [0.29, 0.717) is 17.6 Å². The maximum atomic E-state index is 5.66. The standard InChI is InChI=1S/C14H26N4O/c1-5-14(6-2)12(9-13(14)19-4)17(3)7-8-18-11-15-10-16-18/h10-13H,5-9H2,1-4H3/t12-,13+/m1/s1. The molecule has 0 spiro atoms. The van der Waals surface area contributed by atoms with Gasteiger partial charge in [-0.1, -0.05) is 13.8 Å². The van der Waals surface area contributed by atoms with Crippen LogP contribution in [0.3, 0.4) is 0 Å². The van der Waals surface area contributed by atoms with Crippen molar-refractivity contribution in [1.29, 1.82) is 0 Å². The Morgan fingerprint density at radius 2 is 2.16 bits per heavy atom. The third kappa shape index (κ3) is 2.54. The van der Waals surface area contributed by atoms with E-state index < -0.39 is 0 Å². The highest BCUT2D eigenvalue weighted by Crippen LogP contribution is 2.50. The molecule has 1 aromatic heterocycles. The average molecular weight is 266 g/mol. The number of likely N-dealkylation sites (N-methyl/N-ethyl adjacent to an activating group) is 1. The molecule has 2 atom stereocenters. The Bertz CT molecular complexity index is 375. The van der Waals surface area contributed by atoms with Gasteiger partial charge in [-0.15, -0.1) is 0 Å². The summed E-state index contributed by atoms with van der Waals surface area (Å²) in [6.07, 6.45) is 7.29. The van der Waals surface area contributed by atoms with Crippen molar-refractivity contribution in [2.75, 3.05) is 20.7 Å². The monoisotopic (exact) mass is 266 g/mol. The van der Waals surface area contributed by atoms with Gasteiger partial charge in [0.1, 0.15) is 12.7 Å². The van der Waals surface area contributed by atoms with Crippen LogP contribution in [0.2, 0.25) is 0 Å². The number of hydrogen-bond donors (Lipinski definition) is 0.